The van der Waals surface area contributed by atoms with E-state index in [0.717, 1.165) is 17.0 Å². The van der Waals surface area contributed by atoms with E-state index in [1.165, 1.54) is 0 Å². The van der Waals surface area contributed by atoms with Gasteiger partial charge in [-0.25, -0.2) is 0 Å². The Morgan fingerprint density at radius 3 is 2.62 bits per heavy atom. The van der Waals surface area contributed by atoms with Crippen LogP contribution in [0.4, 0.5) is 0 Å². The van der Waals surface area contributed by atoms with E-state index in [1.54, 1.807) is 6.92 Å². The summed E-state index contributed by atoms with van der Waals surface area (Å²) >= 11 is 0. The molecular weight excluding hydrogens is 266 g/mol. The number of para-hydroxylation sites is 1. The number of aliphatic hydroxyl groups is 1. The number of benzene rings is 1. The van der Waals surface area contributed by atoms with E-state index in [-0.39, 0.29) is 5.78 Å². The molecular formula is C17H21NO3. The van der Waals surface area contributed by atoms with Crippen molar-refractivity contribution in [1.82, 2.24) is 0 Å². The zero-order valence-electron chi connectivity index (χ0n) is 12.7. The lowest BCUT2D eigenvalue weighted by molar-refractivity contribution is -0.131. The van der Waals surface area contributed by atoms with Crippen molar-refractivity contribution in [3.8, 4) is 5.75 Å². The number of fused-ring (bicyclic) bond motifs is 1. The van der Waals surface area contributed by atoms with Crippen molar-refractivity contribution >= 4 is 11.5 Å². The first-order chi connectivity index (χ1) is 9.81. The average Bonchev–Trinajstić information content (AvgIpc) is 2.80. The van der Waals surface area contributed by atoms with Gasteiger partial charge in [0.25, 0.3) is 0 Å². The number of carbonyl (C=O) groups excluding carboxylic acids is 1. The van der Waals surface area contributed by atoms with E-state index in [1.807, 2.05) is 38.1 Å². The molecule has 4 nitrogen and oxygen atoms in total. The standard InChI is InChI=1S/C17H21NO3/c1-16(2)17(3,20)15(18-11-8-9-12(19)10-11)13-6-4-5-7-14(13)21-16/h4-7,15,20H,8-10H2,1-3H3. The van der Waals surface area contributed by atoms with E-state index in [0.29, 0.717) is 19.3 Å². The number of hydrogen-bond acceptors (Lipinski definition) is 4. The van der Waals surface area contributed by atoms with Crippen molar-refractivity contribution in [2.75, 3.05) is 0 Å². The van der Waals surface area contributed by atoms with Gasteiger partial charge in [0.15, 0.2) is 0 Å². The molecule has 1 saturated carbocycles. The highest BCUT2D eigenvalue weighted by molar-refractivity contribution is 6.08. The van der Waals surface area contributed by atoms with Gasteiger partial charge in [-0.15, -0.1) is 0 Å². The fourth-order valence-corrected chi connectivity index (χ4v) is 2.99. The van der Waals surface area contributed by atoms with E-state index in [2.05, 4.69) is 0 Å². The molecule has 2 unspecified atom stereocenters. The predicted molar refractivity (Wildman–Crippen MR) is 80.8 cm³/mol. The number of aliphatic imine (C=N–C) groups is 1. The summed E-state index contributed by atoms with van der Waals surface area (Å²) in [6, 6.07) is 7.27. The van der Waals surface area contributed by atoms with Crippen molar-refractivity contribution in [3.63, 3.8) is 0 Å². The van der Waals surface area contributed by atoms with Gasteiger partial charge in [-0.05, 0) is 33.3 Å². The molecule has 3 rings (SSSR count). The molecule has 0 bridgehead atoms. The largest absolute Gasteiger partial charge is 0.484 e. The highest BCUT2D eigenvalue weighted by atomic mass is 16.5. The second kappa shape index (κ2) is 4.67. The van der Waals surface area contributed by atoms with E-state index in [4.69, 9.17) is 9.73 Å². The average molecular weight is 287 g/mol. The zero-order chi connectivity index (χ0) is 15.3. The Kier molecular flexibility index (Phi) is 3.17. The highest BCUT2D eigenvalue weighted by Gasteiger charge is 2.52. The van der Waals surface area contributed by atoms with Crippen molar-refractivity contribution in [2.45, 2.75) is 57.3 Å². The van der Waals surface area contributed by atoms with Crippen LogP contribution in [0.1, 0.15) is 51.6 Å². The van der Waals surface area contributed by atoms with Crippen molar-refractivity contribution in [2.24, 2.45) is 4.99 Å². The molecule has 1 aromatic carbocycles. The Labute approximate surface area is 124 Å². The summed E-state index contributed by atoms with van der Waals surface area (Å²) in [6.07, 6.45) is 1.68. The minimum atomic E-state index is -1.14. The molecule has 1 aromatic rings. The fraction of sp³-hybridized carbons (Fsp3) is 0.529. The van der Waals surface area contributed by atoms with Crippen molar-refractivity contribution in [1.29, 1.82) is 0 Å². The molecule has 1 heterocycles. The molecule has 1 fully saturated rings. The van der Waals surface area contributed by atoms with Crippen LogP contribution >= 0.6 is 0 Å². The SMILES string of the molecule is CC1(C)Oc2ccccc2C(N=C2CCC(=O)C2)C1(C)O. The number of carbonyl (C=O) groups is 1. The molecule has 0 amide bonds. The molecule has 112 valence electrons. The fourth-order valence-electron chi connectivity index (χ4n) is 2.99. The molecule has 0 spiro atoms. The van der Waals surface area contributed by atoms with Crippen LogP contribution in [0.15, 0.2) is 29.3 Å². The lowest BCUT2D eigenvalue weighted by Crippen LogP contribution is -2.57. The van der Waals surface area contributed by atoms with Crippen molar-refractivity contribution in [3.05, 3.63) is 29.8 Å². The minimum absolute atomic E-state index is 0.230. The smallest absolute Gasteiger partial charge is 0.138 e. The Morgan fingerprint density at radius 2 is 1.95 bits per heavy atom. The Morgan fingerprint density at radius 1 is 1.24 bits per heavy atom. The van der Waals surface area contributed by atoms with Gasteiger partial charge in [-0.1, -0.05) is 18.2 Å². The molecule has 4 heteroatoms. The minimum Gasteiger partial charge on any atom is -0.484 e. The Balaban J connectivity index is 2.09. The molecule has 1 aliphatic carbocycles. The highest BCUT2D eigenvalue weighted by Crippen LogP contribution is 2.48. The van der Waals surface area contributed by atoms with E-state index < -0.39 is 17.2 Å². The molecule has 0 radical (unpaired) electrons. The first kappa shape index (κ1) is 14.3. The van der Waals surface area contributed by atoms with Gasteiger partial charge in [-0.2, -0.15) is 0 Å². The summed E-state index contributed by atoms with van der Waals surface area (Å²) in [4.78, 5) is 16.2. The van der Waals surface area contributed by atoms with Gasteiger partial charge in [0.2, 0.25) is 0 Å². The van der Waals surface area contributed by atoms with Gasteiger partial charge >= 0.3 is 0 Å². The molecule has 1 aliphatic heterocycles. The monoisotopic (exact) mass is 287 g/mol. The molecule has 21 heavy (non-hydrogen) atoms. The molecule has 1 N–H and O–H groups in total. The first-order valence-corrected chi connectivity index (χ1v) is 7.39. The second-order valence-electron chi connectivity index (χ2n) is 6.61. The van der Waals surface area contributed by atoms with Gasteiger partial charge < -0.3 is 9.84 Å². The van der Waals surface area contributed by atoms with Gasteiger partial charge in [-0.3, -0.25) is 9.79 Å². The van der Waals surface area contributed by atoms with Crippen LogP contribution in [0.3, 0.4) is 0 Å². The maximum atomic E-state index is 11.5. The quantitative estimate of drug-likeness (QED) is 0.864. The number of ketones is 1. The van der Waals surface area contributed by atoms with Crippen LogP contribution in [-0.2, 0) is 4.79 Å². The van der Waals surface area contributed by atoms with Gasteiger partial charge in [0.1, 0.15) is 28.8 Å². The molecule has 2 atom stereocenters. The third-order valence-electron chi connectivity index (χ3n) is 4.74. The third kappa shape index (κ3) is 2.27. The summed E-state index contributed by atoms with van der Waals surface area (Å²) in [7, 11) is 0. The summed E-state index contributed by atoms with van der Waals surface area (Å²) in [5, 5.41) is 11.0. The number of nitrogens with zero attached hydrogens (tertiary/aromatic N) is 1. The van der Waals surface area contributed by atoms with Crippen LogP contribution in [-0.4, -0.2) is 27.8 Å². The van der Waals surface area contributed by atoms with Crippen LogP contribution in [0.2, 0.25) is 0 Å². The van der Waals surface area contributed by atoms with E-state index in [9.17, 15) is 9.90 Å². The van der Waals surface area contributed by atoms with Gasteiger partial charge in [0, 0.05) is 24.1 Å². The van der Waals surface area contributed by atoms with Gasteiger partial charge in [0.05, 0.1) is 0 Å². The van der Waals surface area contributed by atoms with Crippen LogP contribution in [0.5, 0.6) is 5.75 Å². The lowest BCUT2D eigenvalue weighted by Gasteiger charge is -2.48. The van der Waals surface area contributed by atoms with E-state index >= 15 is 0 Å². The summed E-state index contributed by atoms with van der Waals surface area (Å²) < 4.78 is 5.96. The number of rotatable bonds is 1. The molecule has 0 aromatic heterocycles. The van der Waals surface area contributed by atoms with Crippen LogP contribution < -0.4 is 4.74 Å². The number of Topliss-reactive ketones (excluding diaryl/α,β-unsaturated/α-hetero) is 1. The molecule has 2 aliphatic rings. The topological polar surface area (TPSA) is 58.9 Å². The predicted octanol–water partition coefficient (Wildman–Crippen LogP) is 2.84. The third-order valence-corrected chi connectivity index (χ3v) is 4.74. The summed E-state index contributed by atoms with van der Waals surface area (Å²) in [5.41, 5.74) is -0.120. The summed E-state index contributed by atoms with van der Waals surface area (Å²) in [5.74, 6) is 0.987. The number of hydrogen-bond donors (Lipinski definition) is 1. The van der Waals surface area contributed by atoms with Crippen molar-refractivity contribution < 1.29 is 14.6 Å². The van der Waals surface area contributed by atoms with Crippen LogP contribution in [0, 0.1) is 0 Å². The number of ether oxygens (including phenoxy) is 1. The lowest BCUT2D eigenvalue weighted by atomic mass is 9.75. The summed E-state index contributed by atoms with van der Waals surface area (Å²) in [6.45, 7) is 5.50. The maximum absolute atomic E-state index is 11.5. The zero-order valence-corrected chi connectivity index (χ0v) is 12.7. The van der Waals surface area contributed by atoms with Crippen LogP contribution in [0.25, 0.3) is 0 Å². The normalized spacial score (nSPS) is 32.9. The molecule has 0 saturated heterocycles. The maximum Gasteiger partial charge on any atom is 0.138 e. The first-order valence-electron chi connectivity index (χ1n) is 7.39. The second-order valence-corrected chi connectivity index (χ2v) is 6.61. The Bertz CT molecular complexity index is 616. The Hall–Kier alpha value is -1.68.